The number of aromatic nitrogens is 1. The lowest BCUT2D eigenvalue weighted by Gasteiger charge is -2.22. The minimum atomic E-state index is -0.654. The largest absolute Gasteiger partial charge is 0.458 e. The van der Waals surface area contributed by atoms with Crippen molar-refractivity contribution in [3.63, 3.8) is 0 Å². The van der Waals surface area contributed by atoms with E-state index in [1.165, 1.54) is 0 Å². The van der Waals surface area contributed by atoms with Gasteiger partial charge in [0, 0.05) is 5.39 Å². The molecule has 1 N–H and O–H groups in total. The van der Waals surface area contributed by atoms with Gasteiger partial charge in [0.15, 0.2) is 0 Å². The number of nitrogens with one attached hydrogen (secondary N) is 1. The lowest BCUT2D eigenvalue weighted by molar-refractivity contribution is 0.0308. The number of para-hydroxylation sites is 2. The average molecular weight is 455 g/mol. The van der Waals surface area contributed by atoms with Crippen molar-refractivity contribution in [3.05, 3.63) is 59.2 Å². The Hall–Kier alpha value is -2.99. The van der Waals surface area contributed by atoms with E-state index in [9.17, 15) is 9.59 Å². The summed E-state index contributed by atoms with van der Waals surface area (Å²) in [7, 11) is 0. The highest BCUT2D eigenvalue weighted by Crippen LogP contribution is 2.35. The number of fused-ring (bicyclic) bond motifs is 1. The molecule has 0 aliphatic heterocycles. The molecule has 0 spiro atoms. The van der Waals surface area contributed by atoms with E-state index in [4.69, 9.17) is 21.1 Å². The van der Waals surface area contributed by atoms with Crippen molar-refractivity contribution in [1.82, 2.24) is 4.57 Å². The zero-order valence-electron chi connectivity index (χ0n) is 18.5. The van der Waals surface area contributed by atoms with Crippen molar-refractivity contribution in [2.45, 2.75) is 58.2 Å². The molecule has 0 unspecified atom stereocenters. The first-order chi connectivity index (χ1) is 15.2. The Morgan fingerprint density at radius 3 is 2.50 bits per heavy atom. The second kappa shape index (κ2) is 8.87. The Kier molecular flexibility index (Phi) is 6.15. The number of hydrogen-bond acceptors (Lipinski definition) is 4. The van der Waals surface area contributed by atoms with Crippen LogP contribution in [0.3, 0.4) is 0 Å². The van der Waals surface area contributed by atoms with Gasteiger partial charge in [-0.05, 0) is 70.7 Å². The molecule has 1 amide bonds. The van der Waals surface area contributed by atoms with Gasteiger partial charge in [-0.1, -0.05) is 35.9 Å². The number of ether oxygens (including phenoxy) is 2. The van der Waals surface area contributed by atoms with Crippen molar-refractivity contribution in [1.29, 1.82) is 0 Å². The summed E-state index contributed by atoms with van der Waals surface area (Å²) >= 11 is 6.62. The molecule has 6 nitrogen and oxygen atoms in total. The molecule has 1 aliphatic rings. The number of carbonyl (C=O) groups excluding carboxylic acids is 2. The number of benzene rings is 2. The van der Waals surface area contributed by atoms with Crippen LogP contribution >= 0.6 is 11.6 Å². The summed E-state index contributed by atoms with van der Waals surface area (Å²) in [6.07, 6.45) is 3.21. The van der Waals surface area contributed by atoms with Gasteiger partial charge in [0.1, 0.15) is 17.4 Å². The molecule has 3 aromatic rings. The van der Waals surface area contributed by atoms with Gasteiger partial charge in [0.25, 0.3) is 0 Å². The molecular weight excluding hydrogens is 428 g/mol. The van der Waals surface area contributed by atoms with Crippen LogP contribution in [-0.2, 0) is 9.47 Å². The normalized spacial score (nSPS) is 14.5. The standard InChI is InChI=1S/C25H27ClN2O4/c1-25(2,3)32-24(30)27-19-13-8-12-18(26)22(19)28-20-14-7-4-9-16(20)15-21(28)23(29)31-17-10-5-6-11-17/h4,7-9,12-15,17H,5-6,10-11H2,1-3H3,(H,27,30). The SMILES string of the molecule is CC(C)(C)OC(=O)Nc1cccc(Cl)c1-n1c(C(=O)OC2CCCC2)cc2ccccc21. The van der Waals surface area contributed by atoms with Crippen molar-refractivity contribution in [3.8, 4) is 5.69 Å². The molecule has 1 saturated carbocycles. The Labute approximate surface area is 192 Å². The van der Waals surface area contributed by atoms with Crippen LogP contribution in [0.1, 0.15) is 56.9 Å². The summed E-state index contributed by atoms with van der Waals surface area (Å²) in [5, 5.41) is 4.04. The molecule has 2 aromatic carbocycles. The maximum absolute atomic E-state index is 13.2. The predicted molar refractivity (Wildman–Crippen MR) is 126 cm³/mol. The van der Waals surface area contributed by atoms with Gasteiger partial charge in [-0.2, -0.15) is 0 Å². The molecular formula is C25H27ClN2O4. The zero-order valence-corrected chi connectivity index (χ0v) is 19.2. The highest BCUT2D eigenvalue weighted by atomic mass is 35.5. The molecule has 7 heteroatoms. The van der Waals surface area contributed by atoms with Crippen LogP contribution in [0.15, 0.2) is 48.5 Å². The van der Waals surface area contributed by atoms with Gasteiger partial charge >= 0.3 is 12.1 Å². The minimum absolute atomic E-state index is 0.0698. The highest BCUT2D eigenvalue weighted by Gasteiger charge is 2.26. The van der Waals surface area contributed by atoms with Crippen LogP contribution < -0.4 is 5.32 Å². The van der Waals surface area contributed by atoms with Crippen LogP contribution in [0.5, 0.6) is 0 Å². The number of carbonyl (C=O) groups is 2. The van der Waals surface area contributed by atoms with Crippen molar-refractivity contribution in [2.24, 2.45) is 0 Å². The fourth-order valence-corrected chi connectivity index (χ4v) is 4.28. The Balaban J connectivity index is 1.80. The highest BCUT2D eigenvalue weighted by molar-refractivity contribution is 6.33. The summed E-state index contributed by atoms with van der Waals surface area (Å²) in [5.41, 5.74) is 1.41. The van der Waals surface area contributed by atoms with E-state index in [-0.39, 0.29) is 6.10 Å². The third-order valence-electron chi connectivity index (χ3n) is 5.34. The third-order valence-corrected chi connectivity index (χ3v) is 5.65. The number of anilines is 1. The van der Waals surface area contributed by atoms with E-state index in [1.54, 1.807) is 49.6 Å². The quantitative estimate of drug-likeness (QED) is 0.443. The molecule has 0 bridgehead atoms. The second-order valence-corrected chi connectivity index (χ2v) is 9.41. The van der Waals surface area contributed by atoms with Crippen LogP contribution in [0, 0.1) is 0 Å². The summed E-state index contributed by atoms with van der Waals surface area (Å²) in [6, 6.07) is 14.6. The minimum Gasteiger partial charge on any atom is -0.458 e. The van der Waals surface area contributed by atoms with Gasteiger partial charge in [-0.3, -0.25) is 5.32 Å². The first-order valence-electron chi connectivity index (χ1n) is 10.8. The van der Waals surface area contributed by atoms with E-state index >= 15 is 0 Å². The lowest BCUT2D eigenvalue weighted by atomic mass is 10.2. The van der Waals surface area contributed by atoms with Crippen LogP contribution in [0.2, 0.25) is 5.02 Å². The van der Waals surface area contributed by atoms with E-state index in [1.807, 2.05) is 24.3 Å². The Bertz CT molecular complexity index is 1160. The maximum atomic E-state index is 13.2. The molecule has 0 atom stereocenters. The van der Waals surface area contributed by atoms with Gasteiger partial charge in [-0.15, -0.1) is 0 Å². The first-order valence-corrected chi connectivity index (χ1v) is 11.2. The number of nitrogens with zero attached hydrogens (tertiary/aromatic N) is 1. The van der Waals surface area contributed by atoms with Crippen LogP contribution in [0.4, 0.5) is 10.5 Å². The summed E-state index contributed by atoms with van der Waals surface area (Å²) in [5.74, 6) is -0.406. The number of esters is 1. The monoisotopic (exact) mass is 454 g/mol. The lowest BCUT2D eigenvalue weighted by Crippen LogP contribution is -2.27. The number of halogens is 1. The topological polar surface area (TPSA) is 69.6 Å². The molecule has 168 valence electrons. The average Bonchev–Trinajstić information content (AvgIpc) is 3.34. The van der Waals surface area contributed by atoms with E-state index in [0.29, 0.717) is 22.1 Å². The van der Waals surface area contributed by atoms with E-state index < -0.39 is 17.7 Å². The third kappa shape index (κ3) is 4.75. The molecule has 1 heterocycles. The number of rotatable bonds is 4. The fraction of sp³-hybridized carbons (Fsp3) is 0.360. The fourth-order valence-electron chi connectivity index (χ4n) is 4.02. The van der Waals surface area contributed by atoms with Crippen LogP contribution in [0.25, 0.3) is 16.6 Å². The molecule has 0 radical (unpaired) electrons. The molecule has 1 aliphatic carbocycles. The predicted octanol–water partition coefficient (Wildman–Crippen LogP) is 6.73. The first kappa shape index (κ1) is 22.2. The molecule has 0 saturated heterocycles. The van der Waals surface area contributed by atoms with Gasteiger partial charge in [-0.25, -0.2) is 9.59 Å². The molecule has 32 heavy (non-hydrogen) atoms. The maximum Gasteiger partial charge on any atom is 0.412 e. The number of hydrogen-bond donors (Lipinski definition) is 1. The van der Waals surface area contributed by atoms with Crippen LogP contribution in [-0.4, -0.2) is 28.3 Å². The van der Waals surface area contributed by atoms with Gasteiger partial charge < -0.3 is 14.0 Å². The molecule has 1 aromatic heterocycles. The van der Waals surface area contributed by atoms with E-state index in [0.717, 1.165) is 36.6 Å². The van der Waals surface area contributed by atoms with Gasteiger partial charge in [0.05, 0.1) is 21.9 Å². The Morgan fingerprint density at radius 2 is 1.78 bits per heavy atom. The van der Waals surface area contributed by atoms with Crippen molar-refractivity contribution in [2.75, 3.05) is 5.32 Å². The smallest absolute Gasteiger partial charge is 0.412 e. The number of amides is 1. The van der Waals surface area contributed by atoms with E-state index in [2.05, 4.69) is 5.32 Å². The van der Waals surface area contributed by atoms with Crippen molar-refractivity contribution < 1.29 is 19.1 Å². The second-order valence-electron chi connectivity index (χ2n) is 9.00. The summed E-state index contributed by atoms with van der Waals surface area (Å²) in [6.45, 7) is 5.38. The van der Waals surface area contributed by atoms with Crippen molar-refractivity contribution >= 4 is 40.3 Å². The molecule has 1 fully saturated rings. The van der Waals surface area contributed by atoms with Gasteiger partial charge in [0.2, 0.25) is 0 Å². The zero-order chi connectivity index (χ0) is 22.9. The molecule has 4 rings (SSSR count). The summed E-state index contributed by atoms with van der Waals surface area (Å²) in [4.78, 5) is 25.7. The summed E-state index contributed by atoms with van der Waals surface area (Å²) < 4.78 is 13.0. The Morgan fingerprint density at radius 1 is 1.06 bits per heavy atom.